The predicted molar refractivity (Wildman–Crippen MR) is 110 cm³/mol. The molecule has 0 bridgehead atoms. The lowest BCUT2D eigenvalue weighted by Crippen LogP contribution is -2.26. The van der Waals surface area contributed by atoms with Gasteiger partial charge in [0.15, 0.2) is 17.0 Å². The molecule has 0 radical (unpaired) electrons. The zero-order valence-corrected chi connectivity index (χ0v) is 16.8. The molecule has 0 fully saturated rings. The van der Waals surface area contributed by atoms with Crippen LogP contribution < -0.4 is 10.6 Å². The number of rotatable bonds is 8. The standard InChI is InChI=1S/C20H29N7/c1-6-16(13(2)3)24-20-25-18(22-11-15-8-7-9-21-10-15)17-19(26-20)27(12-23-17)14(4)5/h7-10,12-14,16H,6,11H2,1-5H3,(H2,22,24,25,26). The van der Waals surface area contributed by atoms with E-state index in [1.165, 1.54) is 0 Å². The van der Waals surface area contributed by atoms with E-state index in [1.54, 1.807) is 6.20 Å². The molecule has 144 valence electrons. The van der Waals surface area contributed by atoms with Crippen LogP contribution in [0.4, 0.5) is 11.8 Å². The predicted octanol–water partition coefficient (Wildman–Crippen LogP) is 4.26. The first-order valence-electron chi connectivity index (χ1n) is 9.63. The highest BCUT2D eigenvalue weighted by Crippen LogP contribution is 2.24. The van der Waals surface area contributed by atoms with Gasteiger partial charge >= 0.3 is 0 Å². The van der Waals surface area contributed by atoms with Gasteiger partial charge in [-0.15, -0.1) is 0 Å². The van der Waals surface area contributed by atoms with Crippen LogP contribution in [-0.4, -0.2) is 30.5 Å². The molecule has 3 rings (SSSR count). The number of aromatic nitrogens is 5. The third kappa shape index (κ3) is 4.35. The minimum absolute atomic E-state index is 0.274. The van der Waals surface area contributed by atoms with Crippen molar-refractivity contribution in [2.45, 2.75) is 59.7 Å². The minimum atomic E-state index is 0.274. The zero-order chi connectivity index (χ0) is 19.4. The summed E-state index contributed by atoms with van der Waals surface area (Å²) in [6, 6.07) is 4.57. The van der Waals surface area contributed by atoms with Crippen LogP contribution in [0.2, 0.25) is 0 Å². The van der Waals surface area contributed by atoms with E-state index in [1.807, 2.05) is 24.7 Å². The van der Waals surface area contributed by atoms with Gasteiger partial charge in [0.25, 0.3) is 0 Å². The Balaban J connectivity index is 1.96. The summed E-state index contributed by atoms with van der Waals surface area (Å²) in [7, 11) is 0. The molecule has 0 aliphatic carbocycles. The van der Waals surface area contributed by atoms with Crippen LogP contribution in [0.1, 0.15) is 52.6 Å². The molecule has 3 aromatic heterocycles. The van der Waals surface area contributed by atoms with Gasteiger partial charge in [0.1, 0.15) is 0 Å². The van der Waals surface area contributed by atoms with Gasteiger partial charge < -0.3 is 15.2 Å². The summed E-state index contributed by atoms with van der Waals surface area (Å²) in [5.74, 6) is 1.87. The second kappa shape index (κ2) is 8.33. The van der Waals surface area contributed by atoms with Crippen molar-refractivity contribution in [2.75, 3.05) is 10.6 Å². The smallest absolute Gasteiger partial charge is 0.227 e. The summed E-state index contributed by atoms with van der Waals surface area (Å²) < 4.78 is 2.08. The van der Waals surface area contributed by atoms with E-state index < -0.39 is 0 Å². The Morgan fingerprint density at radius 2 is 1.96 bits per heavy atom. The molecular weight excluding hydrogens is 338 g/mol. The molecule has 0 amide bonds. The third-order valence-electron chi connectivity index (χ3n) is 4.72. The summed E-state index contributed by atoms with van der Waals surface area (Å²) in [4.78, 5) is 18.2. The number of nitrogens with one attached hydrogen (secondary N) is 2. The molecule has 1 unspecified atom stereocenters. The minimum Gasteiger partial charge on any atom is -0.364 e. The van der Waals surface area contributed by atoms with Gasteiger partial charge in [-0.1, -0.05) is 26.8 Å². The molecule has 0 aliphatic rings. The molecule has 2 N–H and O–H groups in total. The number of hydrogen-bond donors (Lipinski definition) is 2. The Labute approximate surface area is 160 Å². The topological polar surface area (TPSA) is 80.5 Å². The lowest BCUT2D eigenvalue weighted by molar-refractivity contribution is 0.508. The first kappa shape index (κ1) is 19.1. The van der Waals surface area contributed by atoms with Gasteiger partial charge in [-0.2, -0.15) is 9.97 Å². The first-order valence-corrected chi connectivity index (χ1v) is 9.63. The molecule has 7 heteroatoms. The van der Waals surface area contributed by atoms with Gasteiger partial charge in [-0.05, 0) is 37.8 Å². The molecule has 1 atom stereocenters. The van der Waals surface area contributed by atoms with Crippen LogP contribution >= 0.6 is 0 Å². The Morgan fingerprint density at radius 3 is 2.59 bits per heavy atom. The van der Waals surface area contributed by atoms with Gasteiger partial charge in [-0.3, -0.25) is 4.98 Å². The maximum atomic E-state index is 4.77. The number of imidazole rings is 1. The number of anilines is 2. The van der Waals surface area contributed by atoms with Crippen molar-refractivity contribution in [1.29, 1.82) is 0 Å². The van der Waals surface area contributed by atoms with Crippen LogP contribution in [0.25, 0.3) is 11.2 Å². The van der Waals surface area contributed by atoms with Gasteiger partial charge in [-0.25, -0.2) is 4.98 Å². The van der Waals surface area contributed by atoms with Crippen molar-refractivity contribution >= 4 is 22.9 Å². The zero-order valence-electron chi connectivity index (χ0n) is 16.8. The Bertz CT molecular complexity index is 871. The Hall–Kier alpha value is -2.70. The van der Waals surface area contributed by atoms with Crippen molar-refractivity contribution in [3.8, 4) is 0 Å². The molecular formula is C20H29N7. The summed E-state index contributed by atoms with van der Waals surface area (Å²) in [5.41, 5.74) is 2.72. The lowest BCUT2D eigenvalue weighted by Gasteiger charge is -2.21. The van der Waals surface area contributed by atoms with E-state index in [0.717, 1.165) is 29.0 Å². The van der Waals surface area contributed by atoms with Crippen molar-refractivity contribution < 1.29 is 0 Å². The van der Waals surface area contributed by atoms with E-state index in [2.05, 4.69) is 59.8 Å². The van der Waals surface area contributed by atoms with E-state index in [0.29, 0.717) is 24.5 Å². The molecule has 3 aromatic rings. The molecule has 0 spiro atoms. The van der Waals surface area contributed by atoms with Crippen molar-refractivity contribution in [2.24, 2.45) is 5.92 Å². The summed E-state index contributed by atoms with van der Waals surface area (Å²) in [6.45, 7) is 11.5. The number of fused-ring (bicyclic) bond motifs is 1. The first-order chi connectivity index (χ1) is 13.0. The second-order valence-corrected chi connectivity index (χ2v) is 7.43. The quantitative estimate of drug-likeness (QED) is 0.619. The van der Waals surface area contributed by atoms with Gasteiger partial charge in [0, 0.05) is 31.0 Å². The van der Waals surface area contributed by atoms with Crippen LogP contribution in [0, 0.1) is 5.92 Å². The normalized spacial score (nSPS) is 12.7. The summed E-state index contributed by atoms with van der Waals surface area (Å²) in [6.07, 6.45) is 6.47. The summed E-state index contributed by atoms with van der Waals surface area (Å²) >= 11 is 0. The molecule has 0 saturated carbocycles. The highest BCUT2D eigenvalue weighted by molar-refractivity contribution is 5.84. The fourth-order valence-electron chi connectivity index (χ4n) is 3.08. The second-order valence-electron chi connectivity index (χ2n) is 7.43. The molecule has 0 aliphatic heterocycles. The SMILES string of the molecule is CCC(Nc1nc(NCc2cccnc2)c2ncn(C(C)C)c2n1)C(C)C. The molecule has 0 saturated heterocycles. The highest BCUT2D eigenvalue weighted by Gasteiger charge is 2.17. The van der Waals surface area contributed by atoms with Crippen molar-refractivity contribution in [3.05, 3.63) is 36.4 Å². The van der Waals surface area contributed by atoms with E-state index in [4.69, 9.17) is 9.97 Å². The van der Waals surface area contributed by atoms with Crippen LogP contribution in [0.3, 0.4) is 0 Å². The lowest BCUT2D eigenvalue weighted by atomic mass is 10.0. The average Bonchev–Trinajstić information content (AvgIpc) is 3.09. The third-order valence-corrected chi connectivity index (χ3v) is 4.72. The van der Waals surface area contributed by atoms with Crippen LogP contribution in [0.15, 0.2) is 30.9 Å². The molecule has 7 nitrogen and oxygen atoms in total. The van der Waals surface area contributed by atoms with E-state index in [9.17, 15) is 0 Å². The van der Waals surface area contributed by atoms with Crippen molar-refractivity contribution in [1.82, 2.24) is 24.5 Å². The fraction of sp³-hybridized carbons (Fsp3) is 0.500. The molecule has 27 heavy (non-hydrogen) atoms. The van der Waals surface area contributed by atoms with E-state index >= 15 is 0 Å². The molecule has 3 heterocycles. The van der Waals surface area contributed by atoms with Crippen molar-refractivity contribution in [3.63, 3.8) is 0 Å². The average molecular weight is 368 g/mol. The molecule has 0 aromatic carbocycles. The van der Waals surface area contributed by atoms with Crippen LogP contribution in [0.5, 0.6) is 0 Å². The number of hydrogen-bond acceptors (Lipinski definition) is 6. The Morgan fingerprint density at radius 1 is 1.15 bits per heavy atom. The van der Waals surface area contributed by atoms with Gasteiger partial charge in [0.2, 0.25) is 5.95 Å². The number of nitrogens with zero attached hydrogens (tertiary/aromatic N) is 5. The van der Waals surface area contributed by atoms with E-state index in [-0.39, 0.29) is 6.04 Å². The maximum absolute atomic E-state index is 4.77. The summed E-state index contributed by atoms with van der Waals surface area (Å²) in [5, 5.41) is 6.91. The Kier molecular flexibility index (Phi) is 5.88. The fourth-order valence-corrected chi connectivity index (χ4v) is 3.08. The van der Waals surface area contributed by atoms with Crippen LogP contribution in [-0.2, 0) is 6.54 Å². The van der Waals surface area contributed by atoms with Gasteiger partial charge in [0.05, 0.1) is 6.33 Å². The monoisotopic (exact) mass is 367 g/mol. The highest BCUT2D eigenvalue weighted by atomic mass is 15.2. The number of pyridine rings is 1. The largest absolute Gasteiger partial charge is 0.364 e. The maximum Gasteiger partial charge on any atom is 0.227 e.